The highest BCUT2D eigenvalue weighted by Crippen LogP contribution is 2.64. The molecule has 1 heterocycles. The first kappa shape index (κ1) is 15.8. The fourth-order valence-electron chi connectivity index (χ4n) is 5.75. The molecule has 2 aromatic rings. The first-order chi connectivity index (χ1) is 12.5. The van der Waals surface area contributed by atoms with Gasteiger partial charge >= 0.3 is 5.97 Å². The second kappa shape index (κ2) is 5.53. The third-order valence-corrected chi connectivity index (χ3v) is 6.65. The van der Waals surface area contributed by atoms with E-state index in [0.717, 1.165) is 30.9 Å². The molecule has 0 radical (unpaired) electrons. The number of aromatic carboxylic acids is 1. The average Bonchev–Trinajstić information content (AvgIpc) is 3.23. The third-order valence-electron chi connectivity index (χ3n) is 6.65. The van der Waals surface area contributed by atoms with Crippen LogP contribution >= 0.6 is 0 Å². The molecule has 2 N–H and O–H groups in total. The van der Waals surface area contributed by atoms with Crippen molar-refractivity contribution in [1.29, 1.82) is 0 Å². The van der Waals surface area contributed by atoms with Gasteiger partial charge < -0.3 is 10.4 Å². The van der Waals surface area contributed by atoms with Crippen LogP contribution in [0.5, 0.6) is 0 Å². The lowest BCUT2D eigenvalue weighted by Gasteiger charge is -2.44. The summed E-state index contributed by atoms with van der Waals surface area (Å²) in [7, 11) is 0. The van der Waals surface area contributed by atoms with Crippen molar-refractivity contribution in [2.75, 3.05) is 5.32 Å². The number of anilines is 1. The minimum absolute atomic E-state index is 0.213. The van der Waals surface area contributed by atoms with Gasteiger partial charge in [0.2, 0.25) is 0 Å². The van der Waals surface area contributed by atoms with Gasteiger partial charge in [0.25, 0.3) is 0 Å². The predicted octanol–water partition coefficient (Wildman–Crippen LogP) is 4.96. The Balaban J connectivity index is 1.69. The summed E-state index contributed by atoms with van der Waals surface area (Å²) in [5, 5.41) is 12.9. The van der Waals surface area contributed by atoms with Crippen LogP contribution in [0.1, 0.15) is 52.7 Å². The lowest BCUT2D eigenvalue weighted by atomic mass is 9.67. The number of nitrogens with one attached hydrogen (secondary N) is 1. The number of benzene rings is 2. The number of fused-ring (bicyclic) bond motifs is 7. The molecule has 3 nitrogen and oxygen atoms in total. The fraction of sp³-hybridized carbons (Fsp3) is 0.381. The molecule has 1 aliphatic heterocycles. The minimum Gasteiger partial charge on any atom is -0.478 e. The Hall–Kier alpha value is -2.43. The molecule has 5 heteroatoms. The van der Waals surface area contributed by atoms with Crippen LogP contribution in [0.25, 0.3) is 0 Å². The first-order valence-electron chi connectivity index (χ1n) is 9.12. The monoisotopic (exact) mass is 355 g/mol. The molecule has 3 aliphatic rings. The summed E-state index contributed by atoms with van der Waals surface area (Å²) in [6.07, 6.45) is 3.37. The van der Waals surface area contributed by atoms with Crippen molar-refractivity contribution in [2.45, 2.75) is 31.2 Å². The van der Waals surface area contributed by atoms with E-state index in [0.29, 0.717) is 23.1 Å². The lowest BCUT2D eigenvalue weighted by molar-refractivity contribution is 0.0697. The van der Waals surface area contributed by atoms with Crippen LogP contribution in [0.3, 0.4) is 0 Å². The summed E-state index contributed by atoms with van der Waals surface area (Å²) in [6, 6.07) is 8.75. The molecule has 0 amide bonds. The number of halogens is 2. The van der Waals surface area contributed by atoms with Gasteiger partial charge in [-0.2, -0.15) is 0 Å². The summed E-state index contributed by atoms with van der Waals surface area (Å²) < 4.78 is 28.0. The van der Waals surface area contributed by atoms with Gasteiger partial charge in [-0.3, -0.25) is 0 Å². The molecule has 26 heavy (non-hydrogen) atoms. The molecule has 0 aromatic heterocycles. The van der Waals surface area contributed by atoms with Crippen molar-refractivity contribution < 1.29 is 18.7 Å². The standard InChI is InChI=1S/C21H19F2NO2/c22-12-6-7-13(16(23)9-12)20-18-11-5-4-10(8-11)17(18)14-2-1-3-15(21(25)26)19(14)24-20/h1-3,6-7,9-11,17-18,20,24H,4-5,8H2,(H,25,26)/t10-,11-,17+,18+,20+/m0/s1. The van der Waals surface area contributed by atoms with E-state index in [1.54, 1.807) is 12.1 Å². The molecule has 5 atom stereocenters. The Morgan fingerprint density at radius 1 is 1.08 bits per heavy atom. The van der Waals surface area contributed by atoms with E-state index in [4.69, 9.17) is 0 Å². The average molecular weight is 355 g/mol. The number of para-hydroxylation sites is 1. The van der Waals surface area contributed by atoms with Gasteiger partial charge in [0, 0.05) is 11.6 Å². The highest BCUT2D eigenvalue weighted by atomic mass is 19.1. The van der Waals surface area contributed by atoms with E-state index in [9.17, 15) is 18.7 Å². The molecule has 5 rings (SSSR count). The van der Waals surface area contributed by atoms with E-state index in [1.807, 2.05) is 6.07 Å². The molecule has 0 unspecified atom stereocenters. The largest absolute Gasteiger partial charge is 0.478 e. The summed E-state index contributed by atoms with van der Waals surface area (Å²) in [4.78, 5) is 11.7. The number of carboxylic acids is 1. The Kier molecular flexibility index (Phi) is 3.36. The number of hydrogen-bond donors (Lipinski definition) is 2. The highest BCUT2D eigenvalue weighted by Gasteiger charge is 2.54. The number of rotatable bonds is 2. The predicted molar refractivity (Wildman–Crippen MR) is 93.2 cm³/mol. The molecule has 2 bridgehead atoms. The second-order valence-electron chi connectivity index (χ2n) is 7.80. The molecule has 0 spiro atoms. The van der Waals surface area contributed by atoms with Crippen LogP contribution in [0.15, 0.2) is 36.4 Å². The molecular formula is C21H19F2NO2. The van der Waals surface area contributed by atoms with Crippen molar-refractivity contribution in [3.63, 3.8) is 0 Å². The van der Waals surface area contributed by atoms with Crippen LogP contribution < -0.4 is 5.32 Å². The molecule has 2 saturated carbocycles. The molecule has 2 fully saturated rings. The quantitative estimate of drug-likeness (QED) is 0.800. The normalized spacial score (nSPS) is 31.2. The maximum atomic E-state index is 14.6. The van der Waals surface area contributed by atoms with Gasteiger partial charge in [-0.05, 0) is 60.6 Å². The zero-order valence-corrected chi connectivity index (χ0v) is 14.1. The third kappa shape index (κ3) is 2.12. The summed E-state index contributed by atoms with van der Waals surface area (Å²) in [6.45, 7) is 0. The Morgan fingerprint density at radius 3 is 2.65 bits per heavy atom. The number of carbonyl (C=O) groups is 1. The summed E-state index contributed by atoms with van der Waals surface area (Å²) in [5.41, 5.74) is 2.29. The maximum Gasteiger partial charge on any atom is 0.337 e. The molecular weight excluding hydrogens is 336 g/mol. The topological polar surface area (TPSA) is 49.3 Å². The zero-order valence-electron chi connectivity index (χ0n) is 14.1. The fourth-order valence-corrected chi connectivity index (χ4v) is 5.75. The summed E-state index contributed by atoms with van der Waals surface area (Å²) >= 11 is 0. The summed E-state index contributed by atoms with van der Waals surface area (Å²) in [5.74, 6) is -0.703. The van der Waals surface area contributed by atoms with Crippen molar-refractivity contribution >= 4 is 11.7 Å². The van der Waals surface area contributed by atoms with Crippen LogP contribution in [0.4, 0.5) is 14.5 Å². The number of carboxylic acid groups (broad SMARTS) is 1. The number of hydrogen-bond acceptors (Lipinski definition) is 2. The molecule has 2 aromatic carbocycles. The molecule has 2 aliphatic carbocycles. The van der Waals surface area contributed by atoms with Gasteiger partial charge in [-0.25, -0.2) is 13.6 Å². The van der Waals surface area contributed by atoms with Crippen LogP contribution in [-0.2, 0) is 0 Å². The van der Waals surface area contributed by atoms with Gasteiger partial charge in [0.1, 0.15) is 11.6 Å². The van der Waals surface area contributed by atoms with Crippen molar-refractivity contribution in [3.05, 3.63) is 64.7 Å². The van der Waals surface area contributed by atoms with Crippen molar-refractivity contribution in [1.82, 2.24) is 0 Å². The SMILES string of the molecule is O=C(O)c1cccc2c1N[C@H](c1ccc(F)cc1F)[C@@H]1[C@H]3CC[C@@H](C3)[C@H]21. The van der Waals surface area contributed by atoms with Gasteiger partial charge in [-0.1, -0.05) is 18.2 Å². The maximum absolute atomic E-state index is 14.6. The minimum atomic E-state index is -0.991. The Morgan fingerprint density at radius 2 is 1.88 bits per heavy atom. The lowest BCUT2D eigenvalue weighted by Crippen LogP contribution is -2.36. The van der Waals surface area contributed by atoms with Gasteiger partial charge in [0.15, 0.2) is 0 Å². The van der Waals surface area contributed by atoms with E-state index < -0.39 is 17.6 Å². The van der Waals surface area contributed by atoms with Crippen LogP contribution in [0, 0.1) is 29.4 Å². The Bertz CT molecular complexity index is 913. The second-order valence-corrected chi connectivity index (χ2v) is 7.80. The van der Waals surface area contributed by atoms with E-state index >= 15 is 0 Å². The first-order valence-corrected chi connectivity index (χ1v) is 9.12. The Labute approximate surface area is 150 Å². The van der Waals surface area contributed by atoms with Gasteiger partial charge in [0.05, 0.1) is 17.3 Å². The van der Waals surface area contributed by atoms with Gasteiger partial charge in [-0.15, -0.1) is 0 Å². The molecule has 0 saturated heterocycles. The van der Waals surface area contributed by atoms with E-state index in [1.165, 1.54) is 12.1 Å². The van der Waals surface area contributed by atoms with Crippen molar-refractivity contribution in [2.24, 2.45) is 17.8 Å². The van der Waals surface area contributed by atoms with Crippen LogP contribution in [-0.4, -0.2) is 11.1 Å². The van der Waals surface area contributed by atoms with E-state index in [2.05, 4.69) is 5.32 Å². The smallest absolute Gasteiger partial charge is 0.337 e. The molecule has 134 valence electrons. The van der Waals surface area contributed by atoms with E-state index in [-0.39, 0.29) is 23.4 Å². The van der Waals surface area contributed by atoms with Crippen molar-refractivity contribution in [3.8, 4) is 0 Å². The highest BCUT2D eigenvalue weighted by molar-refractivity contribution is 5.95. The zero-order chi connectivity index (χ0) is 18.0. The van der Waals surface area contributed by atoms with Crippen LogP contribution in [0.2, 0.25) is 0 Å².